The van der Waals surface area contributed by atoms with Gasteiger partial charge in [-0.15, -0.1) is 0 Å². The van der Waals surface area contributed by atoms with Crippen molar-refractivity contribution in [3.05, 3.63) is 69.2 Å². The van der Waals surface area contributed by atoms with Crippen LogP contribution in [0.4, 0.5) is 5.69 Å². The largest absolute Gasteiger partial charge is 0.475 e. The molecule has 26 heavy (non-hydrogen) atoms. The minimum absolute atomic E-state index is 0.0540. The van der Waals surface area contributed by atoms with Crippen LogP contribution in [0.1, 0.15) is 5.56 Å². The van der Waals surface area contributed by atoms with E-state index in [0.717, 1.165) is 5.56 Å². The summed E-state index contributed by atoms with van der Waals surface area (Å²) in [7, 11) is 0. The third-order valence-electron chi connectivity index (χ3n) is 3.17. The van der Waals surface area contributed by atoms with Crippen molar-refractivity contribution < 1.29 is 24.0 Å². The predicted octanol–water partition coefficient (Wildman–Crippen LogP) is 2.49. The number of ether oxygens (including phenoxy) is 2. The summed E-state index contributed by atoms with van der Waals surface area (Å²) in [4.78, 5) is 33.5. The average molecular weight is 379 g/mol. The van der Waals surface area contributed by atoms with E-state index >= 15 is 0 Å². The van der Waals surface area contributed by atoms with Gasteiger partial charge >= 0.3 is 11.7 Å². The summed E-state index contributed by atoms with van der Waals surface area (Å²) in [6.07, 6.45) is 0. The number of nitrogens with one attached hydrogen (secondary N) is 1. The molecule has 0 aromatic heterocycles. The molecule has 0 saturated carbocycles. The molecule has 1 N–H and O–H groups in total. The van der Waals surface area contributed by atoms with Gasteiger partial charge in [0.15, 0.2) is 19.0 Å². The smallest absolute Gasteiger partial charge is 0.344 e. The van der Waals surface area contributed by atoms with Crippen molar-refractivity contribution in [1.82, 2.24) is 5.32 Å². The van der Waals surface area contributed by atoms with Crippen molar-refractivity contribution in [2.75, 3.05) is 13.2 Å². The number of nitro groups is 1. The first-order valence-corrected chi connectivity index (χ1v) is 7.86. The lowest BCUT2D eigenvalue weighted by Crippen LogP contribution is -2.29. The van der Waals surface area contributed by atoms with E-state index in [9.17, 15) is 19.7 Å². The van der Waals surface area contributed by atoms with Crippen LogP contribution in [-0.4, -0.2) is 30.0 Å². The van der Waals surface area contributed by atoms with Crippen LogP contribution >= 0.6 is 11.6 Å². The first kappa shape index (κ1) is 19.2. The Morgan fingerprint density at radius 2 is 1.77 bits per heavy atom. The van der Waals surface area contributed by atoms with E-state index in [0.29, 0.717) is 5.02 Å². The number of esters is 1. The number of benzene rings is 2. The molecule has 136 valence electrons. The standard InChI is InChI=1S/C17H15ClN2O6/c18-13-7-5-12(6-8-13)9-19-16(21)10-26-17(22)11-25-15-4-2-1-3-14(15)20(23)24/h1-8H,9-11H2,(H,19,21). The third-order valence-corrected chi connectivity index (χ3v) is 3.43. The van der Waals surface area contributed by atoms with Gasteiger partial charge in [0.05, 0.1) is 4.92 Å². The molecule has 0 heterocycles. The molecule has 0 aliphatic rings. The molecular formula is C17H15ClN2O6. The highest BCUT2D eigenvalue weighted by Gasteiger charge is 2.15. The highest BCUT2D eigenvalue weighted by molar-refractivity contribution is 6.30. The van der Waals surface area contributed by atoms with Gasteiger partial charge in [-0.25, -0.2) is 4.79 Å². The van der Waals surface area contributed by atoms with Crippen LogP contribution in [0.2, 0.25) is 5.02 Å². The van der Waals surface area contributed by atoms with Gasteiger partial charge in [0.25, 0.3) is 5.91 Å². The molecule has 2 aromatic carbocycles. The molecule has 0 fully saturated rings. The van der Waals surface area contributed by atoms with Crippen molar-refractivity contribution in [2.24, 2.45) is 0 Å². The zero-order chi connectivity index (χ0) is 18.9. The Labute approximate surface area is 153 Å². The number of hydrogen-bond donors (Lipinski definition) is 1. The lowest BCUT2D eigenvalue weighted by atomic mass is 10.2. The van der Waals surface area contributed by atoms with Crippen LogP contribution in [0.3, 0.4) is 0 Å². The monoisotopic (exact) mass is 378 g/mol. The molecular weight excluding hydrogens is 364 g/mol. The van der Waals surface area contributed by atoms with Gasteiger partial charge in [-0.2, -0.15) is 0 Å². The molecule has 2 aromatic rings. The molecule has 9 heteroatoms. The SMILES string of the molecule is O=C(COC(=O)COc1ccccc1[N+](=O)[O-])NCc1ccc(Cl)cc1. The maximum Gasteiger partial charge on any atom is 0.344 e. The van der Waals surface area contributed by atoms with Gasteiger partial charge < -0.3 is 14.8 Å². The van der Waals surface area contributed by atoms with E-state index in [1.165, 1.54) is 24.3 Å². The Morgan fingerprint density at radius 1 is 1.08 bits per heavy atom. The molecule has 2 rings (SSSR count). The predicted molar refractivity (Wildman–Crippen MR) is 92.8 cm³/mol. The van der Waals surface area contributed by atoms with E-state index in [4.69, 9.17) is 21.1 Å². The third kappa shape index (κ3) is 6.06. The summed E-state index contributed by atoms with van der Waals surface area (Å²) in [5.74, 6) is -1.36. The molecule has 0 saturated heterocycles. The zero-order valence-corrected chi connectivity index (χ0v) is 14.3. The van der Waals surface area contributed by atoms with Crippen molar-refractivity contribution >= 4 is 29.2 Å². The Balaban J connectivity index is 1.72. The Bertz CT molecular complexity index is 794. The Hall–Kier alpha value is -3.13. The van der Waals surface area contributed by atoms with Gasteiger partial charge in [-0.3, -0.25) is 14.9 Å². The van der Waals surface area contributed by atoms with Crippen LogP contribution in [0.25, 0.3) is 0 Å². The average Bonchev–Trinajstić information content (AvgIpc) is 2.64. The molecule has 8 nitrogen and oxygen atoms in total. The maximum absolute atomic E-state index is 11.7. The first-order chi connectivity index (χ1) is 12.5. The Kier molecular flexibility index (Phi) is 6.92. The van der Waals surface area contributed by atoms with Gasteiger partial charge in [0.2, 0.25) is 0 Å². The van der Waals surface area contributed by atoms with Gasteiger partial charge in [0, 0.05) is 17.6 Å². The summed E-state index contributed by atoms with van der Waals surface area (Å²) < 4.78 is 9.84. The fourth-order valence-corrected chi connectivity index (χ4v) is 2.03. The summed E-state index contributed by atoms with van der Waals surface area (Å²) in [5, 5.41) is 14.0. The number of halogens is 1. The maximum atomic E-state index is 11.7. The minimum atomic E-state index is -0.815. The van der Waals surface area contributed by atoms with Crippen molar-refractivity contribution in [3.8, 4) is 5.75 Å². The van der Waals surface area contributed by atoms with E-state index in [1.54, 1.807) is 24.3 Å². The molecule has 0 unspecified atom stereocenters. The summed E-state index contributed by atoms with van der Waals surface area (Å²) in [6, 6.07) is 12.6. The molecule has 0 radical (unpaired) electrons. The zero-order valence-electron chi connectivity index (χ0n) is 13.5. The first-order valence-electron chi connectivity index (χ1n) is 7.48. The fourth-order valence-electron chi connectivity index (χ4n) is 1.91. The van der Waals surface area contributed by atoms with E-state index < -0.39 is 30.0 Å². The van der Waals surface area contributed by atoms with Crippen LogP contribution < -0.4 is 10.1 Å². The summed E-state index contributed by atoms with van der Waals surface area (Å²) in [6.45, 7) is -0.762. The second kappa shape index (κ2) is 9.38. The van der Waals surface area contributed by atoms with Crippen LogP contribution in [-0.2, 0) is 20.9 Å². The number of para-hydroxylation sites is 2. The van der Waals surface area contributed by atoms with Crippen molar-refractivity contribution in [2.45, 2.75) is 6.54 Å². The second-order valence-electron chi connectivity index (χ2n) is 5.08. The summed E-state index contributed by atoms with van der Waals surface area (Å²) >= 11 is 5.77. The molecule has 0 spiro atoms. The number of carbonyl (C=O) groups excluding carboxylic acids is 2. The molecule has 0 atom stereocenters. The second-order valence-corrected chi connectivity index (χ2v) is 5.51. The number of nitrogens with zero attached hydrogens (tertiary/aromatic N) is 1. The Morgan fingerprint density at radius 3 is 2.46 bits per heavy atom. The van der Waals surface area contributed by atoms with Gasteiger partial charge in [-0.1, -0.05) is 35.9 Å². The molecule has 1 amide bonds. The highest BCUT2D eigenvalue weighted by atomic mass is 35.5. The normalized spacial score (nSPS) is 10.0. The highest BCUT2D eigenvalue weighted by Crippen LogP contribution is 2.25. The van der Waals surface area contributed by atoms with Crippen LogP contribution in [0.5, 0.6) is 5.75 Å². The van der Waals surface area contributed by atoms with Crippen molar-refractivity contribution in [1.29, 1.82) is 0 Å². The summed E-state index contributed by atoms with van der Waals surface area (Å²) in [5.41, 5.74) is 0.579. The minimum Gasteiger partial charge on any atom is -0.475 e. The van der Waals surface area contributed by atoms with E-state index in [2.05, 4.69) is 5.32 Å². The topological polar surface area (TPSA) is 108 Å². The fraction of sp³-hybridized carbons (Fsp3) is 0.176. The van der Waals surface area contributed by atoms with Crippen molar-refractivity contribution in [3.63, 3.8) is 0 Å². The number of rotatable bonds is 8. The van der Waals surface area contributed by atoms with E-state index in [1.807, 2.05) is 0 Å². The number of hydrogen-bond acceptors (Lipinski definition) is 6. The lowest BCUT2D eigenvalue weighted by molar-refractivity contribution is -0.385. The number of amides is 1. The number of nitro benzene ring substituents is 1. The molecule has 0 aliphatic carbocycles. The van der Waals surface area contributed by atoms with E-state index in [-0.39, 0.29) is 18.0 Å². The van der Waals surface area contributed by atoms with Gasteiger partial charge in [-0.05, 0) is 23.8 Å². The van der Waals surface area contributed by atoms with Gasteiger partial charge in [0.1, 0.15) is 0 Å². The lowest BCUT2D eigenvalue weighted by Gasteiger charge is -2.08. The molecule has 0 bridgehead atoms. The van der Waals surface area contributed by atoms with Crippen LogP contribution in [0, 0.1) is 10.1 Å². The number of carbonyl (C=O) groups is 2. The quantitative estimate of drug-likeness (QED) is 0.429. The van der Waals surface area contributed by atoms with Crippen LogP contribution in [0.15, 0.2) is 48.5 Å². The molecule has 0 aliphatic heterocycles.